The average Bonchev–Trinajstić information content (AvgIpc) is 2.18. The Labute approximate surface area is 105 Å². The van der Waals surface area contributed by atoms with E-state index < -0.39 is 15.8 Å². The summed E-state index contributed by atoms with van der Waals surface area (Å²) in [4.78, 5) is 11.1. The third-order valence-electron chi connectivity index (χ3n) is 2.14. The molecule has 3 N–H and O–H groups in total. The van der Waals surface area contributed by atoms with Crippen LogP contribution in [0.2, 0.25) is 0 Å². The number of halogens is 1. The Bertz CT molecular complexity index is 555. The van der Waals surface area contributed by atoms with E-state index in [4.69, 9.17) is 5.14 Å². The highest BCUT2D eigenvalue weighted by Crippen LogP contribution is 2.18. The van der Waals surface area contributed by atoms with E-state index in [2.05, 4.69) is 5.32 Å². The molecule has 0 bridgehead atoms. The highest BCUT2D eigenvalue weighted by atomic mass is 32.2. The zero-order chi connectivity index (χ0) is 13.9. The van der Waals surface area contributed by atoms with Crippen molar-refractivity contribution in [1.82, 2.24) is 0 Å². The molecule has 0 saturated heterocycles. The molecule has 0 atom stereocenters. The number of carbonyl (C=O) groups excluding carboxylic acids is 1. The Morgan fingerprint density at radius 3 is 2.50 bits per heavy atom. The largest absolute Gasteiger partial charge is 0.324 e. The summed E-state index contributed by atoms with van der Waals surface area (Å²) in [5, 5.41) is 7.23. The zero-order valence-corrected chi connectivity index (χ0v) is 10.9. The lowest BCUT2D eigenvalue weighted by Crippen LogP contribution is -2.16. The van der Waals surface area contributed by atoms with Gasteiger partial charge in [-0.25, -0.2) is 17.9 Å². The van der Waals surface area contributed by atoms with Crippen LogP contribution in [0.25, 0.3) is 0 Å². The van der Waals surface area contributed by atoms with Gasteiger partial charge in [0.1, 0.15) is 5.82 Å². The quantitative estimate of drug-likeness (QED) is 0.871. The van der Waals surface area contributed by atoms with Crippen molar-refractivity contribution >= 4 is 21.6 Å². The second-order valence-corrected chi connectivity index (χ2v) is 5.89. The van der Waals surface area contributed by atoms with Gasteiger partial charge >= 0.3 is 0 Å². The summed E-state index contributed by atoms with van der Waals surface area (Å²) in [7, 11) is -3.94. The Kier molecular flexibility index (Phi) is 4.42. The van der Waals surface area contributed by atoms with E-state index in [1.165, 1.54) is 6.07 Å². The maximum atomic E-state index is 13.5. The topological polar surface area (TPSA) is 89.3 Å². The Balaban J connectivity index is 2.90. The maximum absolute atomic E-state index is 13.5. The summed E-state index contributed by atoms with van der Waals surface area (Å²) < 4.78 is 35.5. The second-order valence-electron chi connectivity index (χ2n) is 4.33. The van der Waals surface area contributed by atoms with Crippen LogP contribution in [0, 0.1) is 11.7 Å². The minimum Gasteiger partial charge on any atom is -0.324 e. The molecule has 0 aromatic heterocycles. The summed E-state index contributed by atoms with van der Waals surface area (Å²) in [6, 6.07) is 3.09. The van der Waals surface area contributed by atoms with Crippen LogP contribution in [0.4, 0.5) is 10.1 Å². The van der Waals surface area contributed by atoms with Gasteiger partial charge in [-0.2, -0.15) is 0 Å². The molecule has 0 aliphatic carbocycles. The van der Waals surface area contributed by atoms with Gasteiger partial charge in [0.25, 0.3) is 0 Å². The van der Waals surface area contributed by atoms with Crippen molar-refractivity contribution in [1.29, 1.82) is 0 Å². The van der Waals surface area contributed by atoms with E-state index in [1.54, 1.807) is 0 Å². The molecule has 0 fully saturated rings. The zero-order valence-electron chi connectivity index (χ0n) is 10.1. The Hall–Kier alpha value is -1.47. The SMILES string of the molecule is CC(C)CC(=O)Nc1ccc(S(N)(=O)=O)cc1F. The molecule has 0 aliphatic heterocycles. The van der Waals surface area contributed by atoms with Crippen LogP contribution >= 0.6 is 0 Å². The molecule has 1 aromatic carbocycles. The lowest BCUT2D eigenvalue weighted by atomic mass is 10.1. The molecule has 100 valence electrons. The summed E-state index contributed by atoms with van der Waals surface area (Å²) >= 11 is 0. The van der Waals surface area contributed by atoms with Gasteiger partial charge in [0.15, 0.2) is 0 Å². The van der Waals surface area contributed by atoms with Crippen molar-refractivity contribution in [3.63, 3.8) is 0 Å². The number of anilines is 1. The summed E-state index contributed by atoms with van der Waals surface area (Å²) in [6.45, 7) is 3.72. The van der Waals surface area contributed by atoms with Gasteiger partial charge in [0.2, 0.25) is 15.9 Å². The molecule has 0 heterocycles. The number of carbonyl (C=O) groups is 1. The molecule has 1 aromatic rings. The van der Waals surface area contributed by atoms with Crippen molar-refractivity contribution in [2.75, 3.05) is 5.32 Å². The fourth-order valence-electron chi connectivity index (χ4n) is 1.35. The van der Waals surface area contributed by atoms with Crippen LogP contribution in [0.15, 0.2) is 23.1 Å². The highest BCUT2D eigenvalue weighted by Gasteiger charge is 2.13. The van der Waals surface area contributed by atoms with Gasteiger partial charge in [-0.3, -0.25) is 4.79 Å². The number of benzene rings is 1. The number of hydrogen-bond donors (Lipinski definition) is 2. The molecule has 0 saturated carbocycles. The van der Waals surface area contributed by atoms with E-state index in [-0.39, 0.29) is 28.8 Å². The van der Waals surface area contributed by atoms with Gasteiger partial charge in [-0.05, 0) is 24.1 Å². The molecule has 0 spiro atoms. The first-order valence-corrected chi connectivity index (χ1v) is 6.87. The van der Waals surface area contributed by atoms with Crippen molar-refractivity contribution in [2.45, 2.75) is 25.2 Å². The molecule has 18 heavy (non-hydrogen) atoms. The van der Waals surface area contributed by atoms with Crippen LogP contribution in [0.5, 0.6) is 0 Å². The fourth-order valence-corrected chi connectivity index (χ4v) is 1.87. The highest BCUT2D eigenvalue weighted by molar-refractivity contribution is 7.89. The predicted octanol–water partition coefficient (Wildman–Crippen LogP) is 1.46. The van der Waals surface area contributed by atoms with Crippen LogP contribution in [-0.4, -0.2) is 14.3 Å². The number of hydrogen-bond acceptors (Lipinski definition) is 3. The summed E-state index contributed by atoms with van der Waals surface area (Å²) in [5.41, 5.74) is -0.0620. The van der Waals surface area contributed by atoms with Gasteiger partial charge in [-0.1, -0.05) is 13.8 Å². The third kappa shape index (κ3) is 4.08. The Morgan fingerprint density at radius 1 is 1.44 bits per heavy atom. The van der Waals surface area contributed by atoms with Crippen molar-refractivity contribution < 1.29 is 17.6 Å². The molecule has 0 aliphatic rings. The standard InChI is InChI=1S/C11H15FN2O3S/c1-7(2)5-11(15)14-10-4-3-8(6-9(10)12)18(13,16)17/h3-4,6-7H,5H2,1-2H3,(H,14,15)(H2,13,16,17). The van der Waals surface area contributed by atoms with Crippen molar-refractivity contribution in [3.05, 3.63) is 24.0 Å². The molecule has 7 heteroatoms. The molecular weight excluding hydrogens is 259 g/mol. The lowest BCUT2D eigenvalue weighted by Gasteiger charge is -2.08. The predicted molar refractivity (Wildman–Crippen MR) is 65.9 cm³/mol. The van der Waals surface area contributed by atoms with E-state index in [9.17, 15) is 17.6 Å². The smallest absolute Gasteiger partial charge is 0.238 e. The molecule has 1 rings (SSSR count). The monoisotopic (exact) mass is 274 g/mol. The van der Waals surface area contributed by atoms with E-state index in [1.807, 2.05) is 13.8 Å². The van der Waals surface area contributed by atoms with Gasteiger partial charge < -0.3 is 5.32 Å². The van der Waals surface area contributed by atoms with Crippen molar-refractivity contribution in [3.8, 4) is 0 Å². The first-order valence-electron chi connectivity index (χ1n) is 5.32. The first-order chi connectivity index (χ1) is 8.20. The molecule has 5 nitrogen and oxygen atoms in total. The normalized spacial score (nSPS) is 11.6. The van der Waals surface area contributed by atoms with Crippen molar-refractivity contribution in [2.24, 2.45) is 11.1 Å². The number of rotatable bonds is 4. The minimum atomic E-state index is -3.94. The summed E-state index contributed by atoms with van der Waals surface area (Å²) in [5.74, 6) is -1.01. The van der Waals surface area contributed by atoms with E-state index in [0.29, 0.717) is 0 Å². The van der Waals surface area contributed by atoms with Crippen LogP contribution < -0.4 is 10.5 Å². The van der Waals surface area contributed by atoms with Gasteiger partial charge in [0, 0.05) is 6.42 Å². The van der Waals surface area contributed by atoms with Crippen LogP contribution in [0.1, 0.15) is 20.3 Å². The maximum Gasteiger partial charge on any atom is 0.238 e. The average molecular weight is 274 g/mol. The molecular formula is C11H15FN2O3S. The molecule has 0 radical (unpaired) electrons. The fraction of sp³-hybridized carbons (Fsp3) is 0.364. The number of sulfonamides is 1. The molecule has 1 amide bonds. The second kappa shape index (κ2) is 5.45. The summed E-state index contributed by atoms with van der Waals surface area (Å²) in [6.07, 6.45) is 0.260. The molecule has 0 unspecified atom stereocenters. The third-order valence-corrected chi connectivity index (χ3v) is 3.05. The van der Waals surface area contributed by atoms with Crippen LogP contribution in [-0.2, 0) is 14.8 Å². The van der Waals surface area contributed by atoms with Crippen LogP contribution in [0.3, 0.4) is 0 Å². The van der Waals surface area contributed by atoms with Gasteiger partial charge in [0.05, 0.1) is 10.6 Å². The van der Waals surface area contributed by atoms with E-state index in [0.717, 1.165) is 12.1 Å². The van der Waals surface area contributed by atoms with Gasteiger partial charge in [-0.15, -0.1) is 0 Å². The minimum absolute atomic E-state index is 0.0620. The number of nitrogens with two attached hydrogens (primary N) is 1. The first kappa shape index (κ1) is 14.6. The number of primary sulfonamides is 1. The number of amides is 1. The lowest BCUT2D eigenvalue weighted by molar-refractivity contribution is -0.116. The Morgan fingerprint density at radius 2 is 2.06 bits per heavy atom. The van der Waals surface area contributed by atoms with E-state index >= 15 is 0 Å². The number of nitrogens with one attached hydrogen (secondary N) is 1.